The van der Waals surface area contributed by atoms with Crippen molar-refractivity contribution in [3.8, 4) is 5.75 Å². The van der Waals surface area contributed by atoms with Crippen LogP contribution in [0.4, 0.5) is 5.69 Å². The molecule has 0 bridgehead atoms. The van der Waals surface area contributed by atoms with Crippen LogP contribution in [0.5, 0.6) is 5.75 Å². The zero-order valence-electron chi connectivity index (χ0n) is 18.6. The zero-order chi connectivity index (χ0) is 22.2. The number of nitrogens with zero attached hydrogens (tertiary/aromatic N) is 1. The number of anilines is 1. The molecule has 0 unspecified atom stereocenters. The highest BCUT2D eigenvalue weighted by Crippen LogP contribution is 2.38. The predicted molar refractivity (Wildman–Crippen MR) is 128 cm³/mol. The second-order valence-electron chi connectivity index (χ2n) is 8.40. The molecule has 5 heteroatoms. The molecule has 0 saturated carbocycles. The van der Waals surface area contributed by atoms with Gasteiger partial charge < -0.3 is 14.5 Å². The van der Waals surface area contributed by atoms with E-state index in [2.05, 4.69) is 16.4 Å². The highest BCUT2D eigenvalue weighted by molar-refractivity contribution is 6.08. The summed E-state index contributed by atoms with van der Waals surface area (Å²) in [6.45, 7) is 3.86. The summed E-state index contributed by atoms with van der Waals surface area (Å²) in [5, 5.41) is 5.07. The third kappa shape index (κ3) is 3.64. The predicted octanol–water partition coefficient (Wildman–Crippen LogP) is 6.22. The Bertz CT molecular complexity index is 1380. The molecule has 5 rings (SSSR count). The summed E-state index contributed by atoms with van der Waals surface area (Å²) in [5.74, 6) is 1.61. The van der Waals surface area contributed by atoms with Crippen molar-refractivity contribution in [2.75, 3.05) is 12.4 Å². The first-order valence-electron chi connectivity index (χ1n) is 11.0. The Hall–Kier alpha value is -3.60. The Morgan fingerprint density at radius 1 is 1.12 bits per heavy atom. The third-order valence-electron chi connectivity index (χ3n) is 6.15. The number of nitrogens with one attached hydrogen (secondary N) is 1. The van der Waals surface area contributed by atoms with Crippen LogP contribution < -0.4 is 10.1 Å². The standard InChI is InChI=1S/C27H26N2O3/c1-16(12-27(30)29-23-13-17(2)28-22-10-6-4-9-19(22)23)20-14-21-18-8-5-7-11-24(18)32-26(21)15-25(20)31-3/h4,6,9-10,12-15H,5,7-8,11H2,1-3H3,(H,28,29,30)/b16-12+. The summed E-state index contributed by atoms with van der Waals surface area (Å²) in [7, 11) is 1.65. The van der Waals surface area contributed by atoms with E-state index in [1.807, 2.05) is 50.2 Å². The number of amides is 1. The summed E-state index contributed by atoms with van der Waals surface area (Å²) in [5.41, 5.74) is 6.37. The highest BCUT2D eigenvalue weighted by atomic mass is 16.5. The molecule has 1 aliphatic carbocycles. The largest absolute Gasteiger partial charge is 0.496 e. The maximum atomic E-state index is 12.9. The number of allylic oxidation sites excluding steroid dienone is 1. The number of ether oxygens (including phenoxy) is 1. The van der Waals surface area contributed by atoms with Crippen molar-refractivity contribution in [2.24, 2.45) is 0 Å². The van der Waals surface area contributed by atoms with Crippen LogP contribution >= 0.6 is 0 Å². The van der Waals surface area contributed by atoms with E-state index in [1.54, 1.807) is 13.2 Å². The summed E-state index contributed by atoms with van der Waals surface area (Å²) in [4.78, 5) is 17.5. The van der Waals surface area contributed by atoms with Gasteiger partial charge in [0, 0.05) is 46.2 Å². The number of carbonyl (C=O) groups is 1. The first-order chi connectivity index (χ1) is 15.5. The fourth-order valence-electron chi connectivity index (χ4n) is 4.62. The van der Waals surface area contributed by atoms with Gasteiger partial charge in [-0.05, 0) is 56.9 Å². The van der Waals surface area contributed by atoms with E-state index in [1.165, 1.54) is 18.4 Å². The number of methoxy groups -OCH3 is 1. The number of furan rings is 1. The van der Waals surface area contributed by atoms with Gasteiger partial charge in [0.2, 0.25) is 5.91 Å². The number of pyridine rings is 1. The van der Waals surface area contributed by atoms with Gasteiger partial charge in [-0.3, -0.25) is 9.78 Å². The molecule has 0 saturated heterocycles. The van der Waals surface area contributed by atoms with Crippen molar-refractivity contribution in [2.45, 2.75) is 39.5 Å². The molecule has 0 fully saturated rings. The van der Waals surface area contributed by atoms with Gasteiger partial charge in [-0.15, -0.1) is 0 Å². The van der Waals surface area contributed by atoms with E-state index < -0.39 is 0 Å². The Labute approximate surface area is 187 Å². The van der Waals surface area contributed by atoms with Gasteiger partial charge in [0.25, 0.3) is 0 Å². The first kappa shape index (κ1) is 20.3. The second-order valence-corrected chi connectivity index (χ2v) is 8.40. The number of aryl methyl sites for hydroxylation is 3. The molecule has 5 nitrogen and oxygen atoms in total. The topological polar surface area (TPSA) is 64.4 Å². The average molecular weight is 427 g/mol. The number of carbonyl (C=O) groups excluding carboxylic acids is 1. The summed E-state index contributed by atoms with van der Waals surface area (Å²) in [6, 6.07) is 13.7. The molecular formula is C27H26N2O3. The monoisotopic (exact) mass is 426 g/mol. The fraction of sp³-hybridized carbons (Fsp3) is 0.259. The van der Waals surface area contributed by atoms with Crippen LogP contribution in [-0.2, 0) is 17.6 Å². The van der Waals surface area contributed by atoms with E-state index in [9.17, 15) is 4.79 Å². The number of para-hydroxylation sites is 1. The lowest BCUT2D eigenvalue weighted by Gasteiger charge is -2.12. The highest BCUT2D eigenvalue weighted by Gasteiger charge is 2.20. The minimum Gasteiger partial charge on any atom is -0.496 e. The molecular weight excluding hydrogens is 400 g/mol. The van der Waals surface area contributed by atoms with Crippen LogP contribution in [0.1, 0.15) is 42.3 Å². The van der Waals surface area contributed by atoms with Crippen molar-refractivity contribution < 1.29 is 13.9 Å². The zero-order valence-corrected chi connectivity index (χ0v) is 18.6. The van der Waals surface area contributed by atoms with Crippen molar-refractivity contribution in [1.29, 1.82) is 0 Å². The summed E-state index contributed by atoms with van der Waals surface area (Å²) < 4.78 is 11.7. The third-order valence-corrected chi connectivity index (χ3v) is 6.15. The van der Waals surface area contributed by atoms with Crippen LogP contribution in [0.2, 0.25) is 0 Å². The van der Waals surface area contributed by atoms with Crippen molar-refractivity contribution in [1.82, 2.24) is 4.98 Å². The van der Waals surface area contributed by atoms with Gasteiger partial charge in [0.1, 0.15) is 17.1 Å². The lowest BCUT2D eigenvalue weighted by atomic mass is 9.94. The van der Waals surface area contributed by atoms with E-state index in [0.717, 1.165) is 63.0 Å². The Morgan fingerprint density at radius 2 is 1.94 bits per heavy atom. The molecule has 32 heavy (non-hydrogen) atoms. The lowest BCUT2D eigenvalue weighted by molar-refractivity contribution is -0.111. The number of aromatic nitrogens is 1. The van der Waals surface area contributed by atoms with Crippen LogP contribution in [-0.4, -0.2) is 18.0 Å². The molecule has 4 aromatic rings. The number of benzene rings is 2. The number of hydrogen-bond acceptors (Lipinski definition) is 4. The number of fused-ring (bicyclic) bond motifs is 4. The molecule has 2 aromatic heterocycles. The number of rotatable bonds is 4. The Balaban J connectivity index is 1.50. The van der Waals surface area contributed by atoms with Crippen molar-refractivity contribution in [3.63, 3.8) is 0 Å². The Kier molecular flexibility index (Phi) is 5.17. The quantitative estimate of drug-likeness (QED) is 0.394. The first-order valence-corrected chi connectivity index (χ1v) is 11.0. The maximum absolute atomic E-state index is 12.9. The molecule has 1 amide bonds. The molecule has 0 atom stereocenters. The minimum absolute atomic E-state index is 0.186. The molecule has 162 valence electrons. The SMILES string of the molecule is COc1cc2oc3c(c2cc1/C(C)=C/C(=O)Nc1cc(C)nc2ccccc12)CCCC3. The van der Waals surface area contributed by atoms with Crippen molar-refractivity contribution in [3.05, 3.63) is 71.1 Å². The van der Waals surface area contributed by atoms with Gasteiger partial charge in [-0.25, -0.2) is 0 Å². The smallest absolute Gasteiger partial charge is 0.248 e. The summed E-state index contributed by atoms with van der Waals surface area (Å²) >= 11 is 0. The molecule has 1 aliphatic rings. The maximum Gasteiger partial charge on any atom is 0.248 e. The van der Waals surface area contributed by atoms with Crippen LogP contribution in [0.25, 0.3) is 27.4 Å². The molecule has 2 heterocycles. The molecule has 1 N–H and O–H groups in total. The van der Waals surface area contributed by atoms with Gasteiger partial charge in [-0.1, -0.05) is 18.2 Å². The van der Waals surface area contributed by atoms with Crippen molar-refractivity contribution >= 4 is 39.0 Å². The van der Waals surface area contributed by atoms with E-state index >= 15 is 0 Å². The fourth-order valence-corrected chi connectivity index (χ4v) is 4.62. The van der Waals surface area contributed by atoms with E-state index in [-0.39, 0.29) is 5.91 Å². The van der Waals surface area contributed by atoms with Crippen LogP contribution in [0, 0.1) is 6.92 Å². The van der Waals surface area contributed by atoms with E-state index in [0.29, 0.717) is 5.75 Å². The molecule has 0 aliphatic heterocycles. The van der Waals surface area contributed by atoms with Gasteiger partial charge in [-0.2, -0.15) is 0 Å². The van der Waals surface area contributed by atoms with E-state index in [4.69, 9.17) is 9.15 Å². The average Bonchev–Trinajstić information content (AvgIpc) is 3.15. The Morgan fingerprint density at radius 3 is 2.78 bits per heavy atom. The molecule has 2 aromatic carbocycles. The second kappa shape index (κ2) is 8.15. The molecule has 0 spiro atoms. The molecule has 0 radical (unpaired) electrons. The van der Waals surface area contributed by atoms with Gasteiger partial charge >= 0.3 is 0 Å². The summed E-state index contributed by atoms with van der Waals surface area (Å²) in [6.07, 6.45) is 5.99. The van der Waals surface area contributed by atoms with Crippen LogP contribution in [0.15, 0.2) is 53.0 Å². The normalized spacial score (nSPS) is 13.9. The van der Waals surface area contributed by atoms with Gasteiger partial charge in [0.15, 0.2) is 0 Å². The number of hydrogen-bond donors (Lipinski definition) is 1. The van der Waals surface area contributed by atoms with Crippen LogP contribution in [0.3, 0.4) is 0 Å². The lowest BCUT2D eigenvalue weighted by Crippen LogP contribution is -2.09. The van der Waals surface area contributed by atoms with Gasteiger partial charge in [0.05, 0.1) is 18.3 Å². The minimum atomic E-state index is -0.186.